The second-order valence-electron chi connectivity index (χ2n) is 4.32. The van der Waals surface area contributed by atoms with E-state index < -0.39 is 17.5 Å². The van der Waals surface area contributed by atoms with Gasteiger partial charge in [0, 0.05) is 17.9 Å². The number of hydrogen-bond acceptors (Lipinski definition) is 2. The van der Waals surface area contributed by atoms with Gasteiger partial charge in [0.15, 0.2) is 5.79 Å². The molecular weight excluding hydrogens is 281 g/mol. The van der Waals surface area contributed by atoms with Gasteiger partial charge in [0.25, 0.3) is 0 Å². The Morgan fingerprint density at radius 1 is 1.21 bits per heavy atom. The first kappa shape index (κ1) is 14.6. The molecule has 0 spiro atoms. The van der Waals surface area contributed by atoms with Gasteiger partial charge in [-0.1, -0.05) is 12.1 Å². The Bertz CT molecular complexity index is 428. The Morgan fingerprint density at radius 2 is 1.89 bits per heavy atom. The van der Waals surface area contributed by atoms with E-state index in [0.29, 0.717) is 37.5 Å². The maximum atomic E-state index is 12.7. The molecule has 0 N–H and O–H groups in total. The lowest BCUT2D eigenvalue weighted by atomic mass is 9.98. The molecule has 0 saturated carbocycles. The molecule has 1 aromatic carbocycles. The summed E-state index contributed by atoms with van der Waals surface area (Å²) in [6, 6.07) is 5.08. The van der Waals surface area contributed by atoms with Gasteiger partial charge in [-0.15, -0.1) is 11.6 Å². The summed E-state index contributed by atoms with van der Waals surface area (Å²) in [4.78, 5) is 0. The molecule has 0 radical (unpaired) electrons. The number of hydrogen-bond donors (Lipinski definition) is 0. The van der Waals surface area contributed by atoms with Crippen LogP contribution in [0.2, 0.25) is 0 Å². The van der Waals surface area contributed by atoms with Crippen molar-refractivity contribution in [1.82, 2.24) is 0 Å². The van der Waals surface area contributed by atoms with Gasteiger partial charge in [0.05, 0.1) is 18.8 Å². The highest BCUT2D eigenvalue weighted by molar-refractivity contribution is 6.17. The lowest BCUT2D eigenvalue weighted by Gasteiger charge is -2.28. The van der Waals surface area contributed by atoms with Crippen LogP contribution in [0, 0.1) is 0 Å². The van der Waals surface area contributed by atoms with Crippen molar-refractivity contribution in [1.29, 1.82) is 0 Å². The fourth-order valence-electron chi connectivity index (χ4n) is 2.14. The minimum atomic E-state index is -4.37. The van der Waals surface area contributed by atoms with E-state index in [1.165, 1.54) is 6.07 Å². The fraction of sp³-hybridized carbons (Fsp3) is 0.538. The Labute approximate surface area is 114 Å². The molecule has 0 atom stereocenters. The van der Waals surface area contributed by atoms with Crippen LogP contribution in [-0.4, -0.2) is 19.1 Å². The summed E-state index contributed by atoms with van der Waals surface area (Å²) < 4.78 is 49.3. The fourth-order valence-corrected chi connectivity index (χ4v) is 2.28. The zero-order valence-electron chi connectivity index (χ0n) is 10.2. The van der Waals surface area contributed by atoms with Crippen molar-refractivity contribution in [3.8, 4) is 0 Å². The van der Waals surface area contributed by atoms with Gasteiger partial charge in [0.2, 0.25) is 0 Å². The van der Waals surface area contributed by atoms with E-state index in [2.05, 4.69) is 0 Å². The SMILES string of the molecule is FC(F)(F)c1cccc(C2(CCCCl)OCCO2)c1. The first-order valence-electron chi connectivity index (χ1n) is 5.99. The molecule has 0 bridgehead atoms. The zero-order chi connectivity index (χ0) is 13.9. The van der Waals surface area contributed by atoms with Gasteiger partial charge >= 0.3 is 6.18 Å². The second kappa shape index (κ2) is 5.69. The normalized spacial score (nSPS) is 18.7. The minimum Gasteiger partial charge on any atom is -0.343 e. The van der Waals surface area contributed by atoms with Crippen molar-refractivity contribution < 1.29 is 22.6 Å². The lowest BCUT2D eigenvalue weighted by molar-refractivity contribution is -0.171. The highest BCUT2D eigenvalue weighted by atomic mass is 35.5. The maximum absolute atomic E-state index is 12.7. The molecule has 1 aromatic rings. The van der Waals surface area contributed by atoms with Crippen LogP contribution in [0.1, 0.15) is 24.0 Å². The molecule has 0 amide bonds. The van der Waals surface area contributed by atoms with Crippen LogP contribution in [0.3, 0.4) is 0 Å². The molecule has 0 aliphatic carbocycles. The van der Waals surface area contributed by atoms with Crippen molar-refractivity contribution >= 4 is 11.6 Å². The third-order valence-electron chi connectivity index (χ3n) is 3.02. The van der Waals surface area contributed by atoms with Crippen LogP contribution in [0.5, 0.6) is 0 Å². The third kappa shape index (κ3) is 3.22. The average Bonchev–Trinajstić information content (AvgIpc) is 2.85. The van der Waals surface area contributed by atoms with Crippen molar-refractivity contribution in [2.75, 3.05) is 19.1 Å². The van der Waals surface area contributed by atoms with E-state index in [1.807, 2.05) is 0 Å². The molecule has 0 unspecified atom stereocenters. The predicted molar refractivity (Wildman–Crippen MR) is 65.0 cm³/mol. The molecule has 6 heteroatoms. The van der Waals surface area contributed by atoms with Crippen molar-refractivity contribution in [3.63, 3.8) is 0 Å². The van der Waals surface area contributed by atoms with Gasteiger partial charge in [0.1, 0.15) is 0 Å². The first-order chi connectivity index (χ1) is 8.98. The summed E-state index contributed by atoms with van der Waals surface area (Å²) in [5.41, 5.74) is -0.306. The highest BCUT2D eigenvalue weighted by Gasteiger charge is 2.40. The number of ether oxygens (including phenoxy) is 2. The van der Waals surface area contributed by atoms with Crippen molar-refractivity contribution in [2.45, 2.75) is 24.8 Å². The Morgan fingerprint density at radius 3 is 2.47 bits per heavy atom. The molecule has 2 rings (SSSR count). The van der Waals surface area contributed by atoms with Crippen LogP contribution in [0.4, 0.5) is 13.2 Å². The van der Waals surface area contributed by atoms with Gasteiger partial charge in [-0.25, -0.2) is 0 Å². The van der Waals surface area contributed by atoms with Gasteiger partial charge in [-0.2, -0.15) is 13.2 Å². The maximum Gasteiger partial charge on any atom is 0.416 e. The molecule has 1 fully saturated rings. The standard InChI is InChI=1S/C13H14ClF3O2/c14-6-2-5-12(18-7-8-19-12)10-3-1-4-11(9-10)13(15,16)17/h1,3-4,9H,2,5-8H2. The Hall–Kier alpha value is -0.780. The first-order valence-corrected chi connectivity index (χ1v) is 6.53. The molecular formula is C13H14ClF3O2. The average molecular weight is 295 g/mol. The molecule has 106 valence electrons. The van der Waals surface area contributed by atoms with E-state index in [-0.39, 0.29) is 0 Å². The van der Waals surface area contributed by atoms with Crippen LogP contribution in [0.15, 0.2) is 24.3 Å². The van der Waals surface area contributed by atoms with Gasteiger partial charge in [-0.05, 0) is 18.6 Å². The van der Waals surface area contributed by atoms with Gasteiger partial charge in [-0.3, -0.25) is 0 Å². The molecule has 1 aliphatic rings. The predicted octanol–water partition coefficient (Wildman–Crippen LogP) is 3.92. The van der Waals surface area contributed by atoms with E-state index in [1.54, 1.807) is 6.07 Å². The molecule has 0 aromatic heterocycles. The van der Waals surface area contributed by atoms with Crippen LogP contribution >= 0.6 is 11.6 Å². The Balaban J connectivity index is 2.32. The number of rotatable bonds is 4. The summed E-state index contributed by atoms with van der Waals surface area (Å²) in [5.74, 6) is -0.677. The molecule has 1 heterocycles. The van der Waals surface area contributed by atoms with E-state index in [9.17, 15) is 13.2 Å². The van der Waals surface area contributed by atoms with Crippen LogP contribution in [0.25, 0.3) is 0 Å². The largest absolute Gasteiger partial charge is 0.416 e. The summed E-state index contributed by atoms with van der Waals surface area (Å²) in [6.07, 6.45) is -3.32. The third-order valence-corrected chi connectivity index (χ3v) is 3.29. The summed E-state index contributed by atoms with van der Waals surface area (Å²) in [7, 11) is 0. The van der Waals surface area contributed by atoms with Crippen LogP contribution in [-0.2, 0) is 21.4 Å². The van der Waals surface area contributed by atoms with E-state index in [4.69, 9.17) is 21.1 Å². The van der Waals surface area contributed by atoms with E-state index >= 15 is 0 Å². The van der Waals surface area contributed by atoms with E-state index in [0.717, 1.165) is 12.1 Å². The summed E-state index contributed by atoms with van der Waals surface area (Å²) in [5, 5.41) is 0. The molecule has 19 heavy (non-hydrogen) atoms. The highest BCUT2D eigenvalue weighted by Crippen LogP contribution is 2.38. The number of halogens is 4. The molecule has 1 aliphatic heterocycles. The van der Waals surface area contributed by atoms with Crippen molar-refractivity contribution in [3.05, 3.63) is 35.4 Å². The summed E-state index contributed by atoms with van der Waals surface area (Å²) in [6.45, 7) is 0.747. The smallest absolute Gasteiger partial charge is 0.343 e. The topological polar surface area (TPSA) is 18.5 Å². The molecule has 1 saturated heterocycles. The van der Waals surface area contributed by atoms with Crippen molar-refractivity contribution in [2.24, 2.45) is 0 Å². The Kier molecular flexibility index (Phi) is 4.38. The minimum absolute atomic E-state index is 0.374. The van der Waals surface area contributed by atoms with Gasteiger partial charge < -0.3 is 9.47 Å². The zero-order valence-corrected chi connectivity index (χ0v) is 10.9. The number of benzene rings is 1. The van der Waals surface area contributed by atoms with Crippen LogP contribution < -0.4 is 0 Å². The second-order valence-corrected chi connectivity index (χ2v) is 4.70. The monoisotopic (exact) mass is 294 g/mol. The molecule has 2 nitrogen and oxygen atoms in total. The lowest BCUT2D eigenvalue weighted by Crippen LogP contribution is -2.27. The summed E-state index contributed by atoms with van der Waals surface area (Å²) >= 11 is 5.64. The number of alkyl halides is 4. The quantitative estimate of drug-likeness (QED) is 0.784.